The summed E-state index contributed by atoms with van der Waals surface area (Å²) < 4.78 is 46.8. The zero-order valence-electron chi connectivity index (χ0n) is 17.8. The Kier molecular flexibility index (Phi) is 8.90. The molecule has 0 unspecified atom stereocenters. The average Bonchev–Trinajstić information content (AvgIpc) is 2.80. The Bertz CT molecular complexity index is 998. The van der Waals surface area contributed by atoms with E-state index in [4.69, 9.17) is 16.3 Å². The summed E-state index contributed by atoms with van der Waals surface area (Å²) in [6, 6.07) is 11.3. The maximum Gasteiger partial charge on any atom is 0.264 e. The number of hydrogen-bond donors (Lipinski definition) is 1. The first-order valence-corrected chi connectivity index (χ1v) is 12.6. The normalized spacial score (nSPS) is 14.8. The number of benzene rings is 2. The van der Waals surface area contributed by atoms with Crippen LogP contribution in [0.25, 0.3) is 0 Å². The summed E-state index contributed by atoms with van der Waals surface area (Å²) in [7, 11) is -4.06. The van der Waals surface area contributed by atoms with Crippen molar-refractivity contribution in [2.24, 2.45) is 0 Å². The smallest absolute Gasteiger partial charge is 0.264 e. The third-order valence-electron chi connectivity index (χ3n) is 5.36. The van der Waals surface area contributed by atoms with Gasteiger partial charge in [0.2, 0.25) is 5.91 Å². The van der Waals surface area contributed by atoms with Gasteiger partial charge in [-0.15, -0.1) is 0 Å². The number of sulfonamides is 1. The van der Waals surface area contributed by atoms with Crippen molar-refractivity contribution in [3.05, 3.63) is 59.4 Å². The average molecular weight is 483 g/mol. The van der Waals surface area contributed by atoms with Crippen LogP contribution in [-0.2, 0) is 19.6 Å². The predicted octanol–water partition coefficient (Wildman–Crippen LogP) is 4.53. The molecule has 1 amide bonds. The third kappa shape index (κ3) is 6.67. The fourth-order valence-corrected chi connectivity index (χ4v) is 5.25. The summed E-state index contributed by atoms with van der Waals surface area (Å²) in [4.78, 5) is 12.6. The van der Waals surface area contributed by atoms with Crippen molar-refractivity contribution in [3.63, 3.8) is 0 Å². The van der Waals surface area contributed by atoms with Crippen LogP contribution >= 0.6 is 11.6 Å². The molecule has 0 spiro atoms. The van der Waals surface area contributed by atoms with E-state index in [0.717, 1.165) is 23.2 Å². The van der Waals surface area contributed by atoms with Crippen LogP contribution in [0.4, 0.5) is 10.1 Å². The van der Waals surface area contributed by atoms with Crippen molar-refractivity contribution in [1.29, 1.82) is 0 Å². The number of carbonyl (C=O) groups excluding carboxylic acids is 1. The van der Waals surface area contributed by atoms with Crippen LogP contribution < -0.4 is 9.62 Å². The predicted molar refractivity (Wildman–Crippen MR) is 123 cm³/mol. The molecule has 174 valence electrons. The molecule has 1 N–H and O–H groups in total. The van der Waals surface area contributed by atoms with Crippen molar-refractivity contribution < 1.29 is 22.3 Å². The van der Waals surface area contributed by atoms with E-state index in [1.807, 2.05) is 0 Å². The summed E-state index contributed by atoms with van der Waals surface area (Å²) in [5.74, 6) is -1.14. The summed E-state index contributed by atoms with van der Waals surface area (Å²) >= 11 is 5.86. The summed E-state index contributed by atoms with van der Waals surface area (Å²) in [6.07, 6.45) is 6.75. The Hall–Kier alpha value is -2.16. The first-order chi connectivity index (χ1) is 15.4. The lowest BCUT2D eigenvalue weighted by Crippen LogP contribution is -2.41. The molecule has 0 aromatic heterocycles. The molecule has 9 heteroatoms. The van der Waals surface area contributed by atoms with Gasteiger partial charge in [-0.05, 0) is 49.6 Å². The highest BCUT2D eigenvalue weighted by molar-refractivity contribution is 7.92. The van der Waals surface area contributed by atoms with Gasteiger partial charge < -0.3 is 10.1 Å². The van der Waals surface area contributed by atoms with E-state index in [9.17, 15) is 17.6 Å². The number of halogens is 2. The molecule has 0 heterocycles. The van der Waals surface area contributed by atoms with E-state index in [1.54, 1.807) is 18.2 Å². The van der Waals surface area contributed by atoms with Crippen molar-refractivity contribution in [2.75, 3.05) is 24.0 Å². The molecule has 0 aliphatic heterocycles. The Labute approximate surface area is 193 Å². The minimum absolute atomic E-state index is 0.0223. The van der Waals surface area contributed by atoms with Crippen LogP contribution in [0.2, 0.25) is 5.02 Å². The summed E-state index contributed by atoms with van der Waals surface area (Å²) in [5, 5.41) is 2.51. The van der Waals surface area contributed by atoms with Gasteiger partial charge in [-0.1, -0.05) is 49.1 Å². The van der Waals surface area contributed by atoms with Gasteiger partial charge in [0.05, 0.1) is 21.7 Å². The van der Waals surface area contributed by atoms with Gasteiger partial charge in [0, 0.05) is 13.2 Å². The molecule has 1 fully saturated rings. The number of anilines is 1. The lowest BCUT2D eigenvalue weighted by atomic mass is 9.98. The van der Waals surface area contributed by atoms with Crippen LogP contribution in [-0.4, -0.2) is 40.1 Å². The molecule has 6 nitrogen and oxygen atoms in total. The van der Waals surface area contributed by atoms with Crippen LogP contribution in [0.15, 0.2) is 53.4 Å². The lowest BCUT2D eigenvalue weighted by Gasteiger charge is -2.24. The van der Waals surface area contributed by atoms with Crippen LogP contribution in [0.1, 0.15) is 38.5 Å². The van der Waals surface area contributed by atoms with Crippen molar-refractivity contribution in [1.82, 2.24) is 5.32 Å². The second-order valence-electron chi connectivity index (χ2n) is 7.76. The maximum atomic E-state index is 13.6. The summed E-state index contributed by atoms with van der Waals surface area (Å²) in [6.45, 7) is 0.460. The summed E-state index contributed by atoms with van der Waals surface area (Å²) in [5.41, 5.74) is 0.107. The van der Waals surface area contributed by atoms with Crippen molar-refractivity contribution in [2.45, 2.75) is 49.5 Å². The number of hydrogen-bond acceptors (Lipinski definition) is 4. The molecule has 1 aliphatic carbocycles. The molecule has 2 aromatic carbocycles. The highest BCUT2D eigenvalue weighted by atomic mass is 35.5. The first kappa shape index (κ1) is 24.5. The molecular formula is C23H28ClFN2O4S. The topological polar surface area (TPSA) is 75.7 Å². The number of rotatable bonds is 10. The van der Waals surface area contributed by atoms with Gasteiger partial charge in [0.25, 0.3) is 10.0 Å². The molecular weight excluding hydrogens is 455 g/mol. The van der Waals surface area contributed by atoms with Crippen molar-refractivity contribution in [3.8, 4) is 0 Å². The highest BCUT2D eigenvalue weighted by Gasteiger charge is 2.27. The Balaban J connectivity index is 1.63. The monoisotopic (exact) mass is 482 g/mol. The Morgan fingerprint density at radius 1 is 1.12 bits per heavy atom. The van der Waals surface area contributed by atoms with Gasteiger partial charge in [0.1, 0.15) is 12.4 Å². The van der Waals surface area contributed by atoms with Gasteiger partial charge in [-0.25, -0.2) is 12.8 Å². The van der Waals surface area contributed by atoms with E-state index in [1.165, 1.54) is 43.5 Å². The highest BCUT2D eigenvalue weighted by Crippen LogP contribution is 2.27. The minimum atomic E-state index is -4.06. The van der Waals surface area contributed by atoms with E-state index >= 15 is 0 Å². The number of nitrogens with zero attached hydrogens (tertiary/aromatic N) is 1. The number of amides is 1. The quantitative estimate of drug-likeness (QED) is 0.505. The molecule has 2 aromatic rings. The Morgan fingerprint density at radius 2 is 1.84 bits per heavy atom. The number of nitrogens with one attached hydrogen (secondary N) is 1. The second-order valence-corrected chi connectivity index (χ2v) is 10.0. The standard InChI is InChI=1S/C23H28ClFN2O4S/c24-21-16-18(12-13-22(21)25)27(32(29,30)20-10-5-2-6-11-20)17-23(28)26-14-7-15-31-19-8-3-1-4-9-19/h2,5-6,10-13,16,19H,1,3-4,7-9,14-15,17H2,(H,26,28). The molecule has 0 saturated heterocycles. The zero-order chi connectivity index (χ0) is 23.0. The van der Waals surface area contributed by atoms with Gasteiger partial charge in [-0.3, -0.25) is 9.10 Å². The largest absolute Gasteiger partial charge is 0.378 e. The first-order valence-electron chi connectivity index (χ1n) is 10.8. The van der Waals surface area contributed by atoms with E-state index < -0.39 is 28.3 Å². The molecule has 1 saturated carbocycles. The zero-order valence-corrected chi connectivity index (χ0v) is 19.4. The van der Waals surface area contributed by atoms with Crippen molar-refractivity contribution >= 4 is 33.2 Å². The maximum absolute atomic E-state index is 13.6. The number of ether oxygens (including phenoxy) is 1. The van der Waals surface area contributed by atoms with Crippen LogP contribution in [0, 0.1) is 5.82 Å². The fourth-order valence-electron chi connectivity index (χ4n) is 3.64. The van der Waals surface area contributed by atoms with E-state index in [0.29, 0.717) is 25.7 Å². The number of carbonyl (C=O) groups is 1. The van der Waals surface area contributed by atoms with Gasteiger partial charge in [0.15, 0.2) is 0 Å². The molecule has 1 aliphatic rings. The van der Waals surface area contributed by atoms with Gasteiger partial charge >= 0.3 is 0 Å². The van der Waals surface area contributed by atoms with E-state index in [2.05, 4.69) is 5.32 Å². The second kappa shape index (κ2) is 11.6. The third-order valence-corrected chi connectivity index (χ3v) is 7.44. The molecule has 0 radical (unpaired) electrons. The van der Waals surface area contributed by atoms with E-state index in [-0.39, 0.29) is 15.6 Å². The molecule has 0 atom stereocenters. The molecule has 0 bridgehead atoms. The minimum Gasteiger partial charge on any atom is -0.378 e. The molecule has 3 rings (SSSR count). The lowest BCUT2D eigenvalue weighted by molar-refractivity contribution is -0.119. The fraction of sp³-hybridized carbons (Fsp3) is 0.435. The van der Waals surface area contributed by atoms with Crippen LogP contribution in [0.5, 0.6) is 0 Å². The Morgan fingerprint density at radius 3 is 2.53 bits per heavy atom. The van der Waals surface area contributed by atoms with Gasteiger partial charge in [-0.2, -0.15) is 0 Å². The van der Waals surface area contributed by atoms with Crippen LogP contribution in [0.3, 0.4) is 0 Å². The molecule has 32 heavy (non-hydrogen) atoms. The SMILES string of the molecule is O=C(CN(c1ccc(F)c(Cl)c1)S(=O)(=O)c1ccccc1)NCCCOC1CCCCC1.